The smallest absolute Gasteiger partial charge is 0.236 e. The number of rotatable bonds is 6. The van der Waals surface area contributed by atoms with Crippen molar-refractivity contribution in [2.45, 2.75) is 19.9 Å². The minimum Gasteiger partial charge on any atom is -0.443 e. The molecule has 3 aromatic heterocycles. The molecule has 29 heavy (non-hydrogen) atoms. The lowest BCUT2D eigenvalue weighted by molar-refractivity contribution is 0.573. The maximum atomic E-state index is 5.55. The molecule has 0 unspecified atom stereocenters. The van der Waals surface area contributed by atoms with Crippen molar-refractivity contribution < 1.29 is 4.42 Å². The monoisotopic (exact) mass is 521 g/mol. The van der Waals surface area contributed by atoms with E-state index in [9.17, 15) is 0 Å². The Morgan fingerprint density at radius 1 is 1.28 bits per heavy atom. The summed E-state index contributed by atoms with van der Waals surface area (Å²) in [5, 5.41) is 9.93. The van der Waals surface area contributed by atoms with E-state index in [4.69, 9.17) is 4.42 Å². The molecule has 0 radical (unpaired) electrons. The predicted molar refractivity (Wildman–Crippen MR) is 130 cm³/mol. The Morgan fingerprint density at radius 3 is 2.97 bits per heavy atom. The van der Waals surface area contributed by atoms with Gasteiger partial charge in [-0.25, -0.2) is 4.98 Å². The van der Waals surface area contributed by atoms with Crippen LogP contribution in [0.2, 0.25) is 0 Å². The molecule has 3 heterocycles. The van der Waals surface area contributed by atoms with Gasteiger partial charge in [0.15, 0.2) is 5.96 Å². The Hall–Kier alpha value is -2.33. The molecule has 4 aromatic rings. The number of aromatic amines is 1. The van der Waals surface area contributed by atoms with Crippen LogP contribution < -0.4 is 10.6 Å². The molecule has 1 aromatic carbocycles. The summed E-state index contributed by atoms with van der Waals surface area (Å²) in [7, 11) is 1.77. The highest BCUT2D eigenvalue weighted by Gasteiger charge is 2.08. The number of hydrogen-bond donors (Lipinski definition) is 3. The van der Waals surface area contributed by atoms with Gasteiger partial charge < -0.3 is 20.0 Å². The molecule has 0 bridgehead atoms. The number of halogens is 1. The minimum absolute atomic E-state index is 0. The van der Waals surface area contributed by atoms with Crippen LogP contribution in [0.25, 0.3) is 21.7 Å². The van der Waals surface area contributed by atoms with Crippen molar-refractivity contribution in [3.63, 3.8) is 0 Å². The third-order valence-corrected chi connectivity index (χ3v) is 5.41. The number of aromatic nitrogens is 2. The molecule has 8 heteroatoms. The van der Waals surface area contributed by atoms with E-state index < -0.39 is 0 Å². The highest BCUT2D eigenvalue weighted by molar-refractivity contribution is 14.0. The highest BCUT2D eigenvalue weighted by Crippen LogP contribution is 2.23. The van der Waals surface area contributed by atoms with Gasteiger partial charge in [-0.05, 0) is 42.0 Å². The van der Waals surface area contributed by atoms with E-state index in [-0.39, 0.29) is 24.0 Å². The van der Waals surface area contributed by atoms with Gasteiger partial charge in [-0.2, -0.15) is 0 Å². The van der Waals surface area contributed by atoms with Gasteiger partial charge >= 0.3 is 0 Å². The Kier molecular flexibility index (Phi) is 7.32. The van der Waals surface area contributed by atoms with Crippen LogP contribution in [0.5, 0.6) is 0 Å². The Balaban J connectivity index is 0.00000240. The Morgan fingerprint density at radius 2 is 2.17 bits per heavy atom. The van der Waals surface area contributed by atoms with Crippen molar-refractivity contribution in [1.82, 2.24) is 20.6 Å². The van der Waals surface area contributed by atoms with Gasteiger partial charge in [-0.1, -0.05) is 18.2 Å². The number of nitrogens with zero attached hydrogens (tertiary/aromatic N) is 2. The molecule has 0 aliphatic carbocycles. The molecule has 4 rings (SSSR count). The molecule has 0 saturated carbocycles. The van der Waals surface area contributed by atoms with Gasteiger partial charge in [0.05, 0.1) is 17.1 Å². The number of fused-ring (bicyclic) bond motifs is 1. The lowest BCUT2D eigenvalue weighted by Gasteiger charge is -2.10. The summed E-state index contributed by atoms with van der Waals surface area (Å²) in [6.07, 6.45) is 4.68. The largest absolute Gasteiger partial charge is 0.443 e. The minimum atomic E-state index is 0. The van der Waals surface area contributed by atoms with Gasteiger partial charge in [0.25, 0.3) is 0 Å². The number of H-pyrrole nitrogens is 1. The maximum Gasteiger partial charge on any atom is 0.236 e. The van der Waals surface area contributed by atoms with Crippen LogP contribution in [0, 0.1) is 6.92 Å². The normalized spacial score (nSPS) is 11.4. The fraction of sp³-hybridized carbons (Fsp3) is 0.238. The summed E-state index contributed by atoms with van der Waals surface area (Å²) in [5.41, 5.74) is 4.59. The second-order valence-corrected chi connectivity index (χ2v) is 7.53. The standard InChI is InChI=1S/C21H23N5OS.HI/c1-14-5-6-17-15(11-24-18(17)10-14)7-8-23-21(22-2)25-12-16-13-27-20(26-16)19-4-3-9-28-19;/h3-6,9-11,13,24H,7-8,12H2,1-2H3,(H2,22,23,25);1H. The molecule has 0 aliphatic heterocycles. The van der Waals surface area contributed by atoms with Crippen LogP contribution in [0.3, 0.4) is 0 Å². The van der Waals surface area contributed by atoms with Crippen molar-refractivity contribution in [2.24, 2.45) is 4.99 Å². The Labute approximate surface area is 190 Å². The zero-order chi connectivity index (χ0) is 19.3. The second-order valence-electron chi connectivity index (χ2n) is 6.59. The number of aryl methyl sites for hydroxylation is 1. The molecule has 0 spiro atoms. The number of thiophene rings is 1. The van der Waals surface area contributed by atoms with Crippen molar-refractivity contribution in [3.8, 4) is 10.8 Å². The summed E-state index contributed by atoms with van der Waals surface area (Å²) in [5.74, 6) is 1.40. The topological polar surface area (TPSA) is 78.2 Å². The van der Waals surface area contributed by atoms with Crippen LogP contribution >= 0.6 is 35.3 Å². The summed E-state index contributed by atoms with van der Waals surface area (Å²) < 4.78 is 5.55. The van der Waals surface area contributed by atoms with Crippen molar-refractivity contribution in [2.75, 3.05) is 13.6 Å². The van der Waals surface area contributed by atoms with E-state index in [0.29, 0.717) is 12.4 Å². The molecular formula is C21H24IN5OS. The number of benzene rings is 1. The SMILES string of the molecule is CN=C(NCCc1c[nH]c2cc(C)ccc12)NCc1coc(-c2cccs2)n1.I. The van der Waals surface area contributed by atoms with Crippen LogP contribution in [0.1, 0.15) is 16.8 Å². The van der Waals surface area contributed by atoms with Gasteiger partial charge in [0.1, 0.15) is 6.26 Å². The van der Waals surface area contributed by atoms with E-state index in [1.54, 1.807) is 24.6 Å². The first-order chi connectivity index (χ1) is 13.7. The fourth-order valence-corrected chi connectivity index (χ4v) is 3.77. The predicted octanol–water partition coefficient (Wildman–Crippen LogP) is 4.72. The molecule has 0 aliphatic rings. The number of aliphatic imine (C=N–C) groups is 1. The first kappa shape index (κ1) is 21.4. The fourth-order valence-electron chi connectivity index (χ4n) is 3.12. The molecule has 152 valence electrons. The average molecular weight is 521 g/mol. The van der Waals surface area contributed by atoms with Gasteiger partial charge in [-0.15, -0.1) is 35.3 Å². The van der Waals surface area contributed by atoms with Crippen LogP contribution in [-0.2, 0) is 13.0 Å². The number of nitrogens with one attached hydrogen (secondary N) is 3. The number of oxazole rings is 1. The first-order valence-corrected chi connectivity index (χ1v) is 10.1. The van der Waals surface area contributed by atoms with E-state index in [2.05, 4.69) is 56.9 Å². The lowest BCUT2D eigenvalue weighted by Crippen LogP contribution is -2.37. The van der Waals surface area contributed by atoms with Crippen molar-refractivity contribution in [3.05, 3.63) is 65.0 Å². The third-order valence-electron chi connectivity index (χ3n) is 4.55. The molecule has 6 nitrogen and oxygen atoms in total. The van der Waals surface area contributed by atoms with Gasteiger partial charge in [-0.3, -0.25) is 4.99 Å². The highest BCUT2D eigenvalue weighted by atomic mass is 127. The van der Waals surface area contributed by atoms with E-state index in [1.165, 1.54) is 22.0 Å². The molecule has 0 fully saturated rings. The third kappa shape index (κ3) is 5.18. The lowest BCUT2D eigenvalue weighted by atomic mass is 10.1. The molecule has 3 N–H and O–H groups in total. The quantitative estimate of drug-likeness (QED) is 0.195. The van der Waals surface area contributed by atoms with Gasteiger partial charge in [0, 0.05) is 30.7 Å². The molecule has 0 amide bonds. The second kappa shape index (κ2) is 9.93. The number of hydrogen-bond acceptors (Lipinski definition) is 4. The maximum absolute atomic E-state index is 5.55. The van der Waals surface area contributed by atoms with E-state index in [1.807, 2.05) is 17.5 Å². The summed E-state index contributed by atoms with van der Waals surface area (Å²) in [4.78, 5) is 13.2. The van der Waals surface area contributed by atoms with Crippen LogP contribution in [-0.4, -0.2) is 29.5 Å². The van der Waals surface area contributed by atoms with Crippen molar-refractivity contribution >= 4 is 52.2 Å². The van der Waals surface area contributed by atoms with Crippen molar-refractivity contribution in [1.29, 1.82) is 0 Å². The van der Waals surface area contributed by atoms with E-state index in [0.717, 1.165) is 29.5 Å². The summed E-state index contributed by atoms with van der Waals surface area (Å²) in [6, 6.07) is 10.5. The molecular weight excluding hydrogens is 497 g/mol. The van der Waals surface area contributed by atoms with Gasteiger partial charge in [0.2, 0.25) is 5.89 Å². The molecule has 0 saturated heterocycles. The Bertz CT molecular complexity index is 1080. The molecule has 0 atom stereocenters. The van der Waals surface area contributed by atoms with E-state index >= 15 is 0 Å². The van der Waals surface area contributed by atoms with Crippen LogP contribution in [0.4, 0.5) is 0 Å². The summed E-state index contributed by atoms with van der Waals surface area (Å²) in [6.45, 7) is 3.45. The first-order valence-electron chi connectivity index (χ1n) is 9.22. The summed E-state index contributed by atoms with van der Waals surface area (Å²) >= 11 is 1.61. The average Bonchev–Trinajstić information content (AvgIpc) is 3.44. The van der Waals surface area contributed by atoms with Crippen LogP contribution in [0.15, 0.2) is 57.6 Å². The zero-order valence-corrected chi connectivity index (χ0v) is 19.5. The zero-order valence-electron chi connectivity index (χ0n) is 16.4. The number of guanidine groups is 1.